The zero-order chi connectivity index (χ0) is 15.9. The molecule has 1 fully saturated rings. The highest BCUT2D eigenvalue weighted by molar-refractivity contribution is 5.37. The lowest BCUT2D eigenvalue weighted by Gasteiger charge is -2.27. The van der Waals surface area contributed by atoms with Gasteiger partial charge >= 0.3 is 6.08 Å². The van der Waals surface area contributed by atoms with Crippen LogP contribution in [0.5, 0.6) is 0 Å². The SMILES string of the molecule is CCCC#Cc1ccc(C2CCC(C(F)=C(F)F)CC2)cc1. The number of rotatable bonds is 3. The van der Waals surface area contributed by atoms with Gasteiger partial charge in [-0.05, 0) is 55.7 Å². The maximum atomic E-state index is 13.3. The average Bonchev–Trinajstić information content (AvgIpc) is 2.55. The molecule has 0 spiro atoms. The van der Waals surface area contributed by atoms with Gasteiger partial charge in [0.25, 0.3) is 0 Å². The van der Waals surface area contributed by atoms with Gasteiger partial charge in [0.15, 0.2) is 5.83 Å². The fraction of sp³-hybridized carbons (Fsp3) is 0.474. The molecule has 0 saturated heterocycles. The molecule has 118 valence electrons. The summed E-state index contributed by atoms with van der Waals surface area (Å²) in [5, 5.41) is 0. The molecule has 0 aliphatic heterocycles. The molecule has 0 atom stereocenters. The van der Waals surface area contributed by atoms with E-state index in [0.717, 1.165) is 31.2 Å². The number of halogens is 3. The van der Waals surface area contributed by atoms with Crippen LogP contribution in [0.4, 0.5) is 13.2 Å². The lowest BCUT2D eigenvalue weighted by atomic mass is 9.78. The van der Waals surface area contributed by atoms with Gasteiger partial charge in [0.1, 0.15) is 0 Å². The van der Waals surface area contributed by atoms with Crippen molar-refractivity contribution in [1.82, 2.24) is 0 Å². The quantitative estimate of drug-likeness (QED) is 0.584. The fourth-order valence-electron chi connectivity index (χ4n) is 2.96. The molecule has 2 rings (SSSR count). The van der Waals surface area contributed by atoms with E-state index in [9.17, 15) is 13.2 Å². The Hall–Kier alpha value is -1.69. The van der Waals surface area contributed by atoms with E-state index in [4.69, 9.17) is 0 Å². The maximum absolute atomic E-state index is 13.3. The van der Waals surface area contributed by atoms with Crippen LogP contribution in [0.25, 0.3) is 0 Å². The van der Waals surface area contributed by atoms with Crippen LogP contribution in [0, 0.1) is 17.8 Å². The van der Waals surface area contributed by atoms with Crippen LogP contribution >= 0.6 is 0 Å². The first-order valence-electron chi connectivity index (χ1n) is 7.91. The standard InChI is InChI=1S/C19H21F3/c1-2-3-4-5-14-6-8-15(9-7-14)16-10-12-17(13-11-16)18(20)19(21)22/h6-9,16-17H,2-3,10-13H2,1H3. The third-order valence-corrected chi connectivity index (χ3v) is 4.26. The second-order valence-corrected chi connectivity index (χ2v) is 5.83. The van der Waals surface area contributed by atoms with Gasteiger partial charge in [-0.25, -0.2) is 4.39 Å². The topological polar surface area (TPSA) is 0 Å². The summed E-state index contributed by atoms with van der Waals surface area (Å²) in [7, 11) is 0. The molecular formula is C19H21F3. The predicted molar refractivity (Wildman–Crippen MR) is 83.3 cm³/mol. The van der Waals surface area contributed by atoms with Crippen molar-refractivity contribution >= 4 is 0 Å². The van der Waals surface area contributed by atoms with Gasteiger partial charge in [-0.3, -0.25) is 0 Å². The van der Waals surface area contributed by atoms with Crippen LogP contribution in [-0.2, 0) is 0 Å². The van der Waals surface area contributed by atoms with Gasteiger partial charge < -0.3 is 0 Å². The van der Waals surface area contributed by atoms with E-state index >= 15 is 0 Å². The van der Waals surface area contributed by atoms with Gasteiger partial charge in [0.05, 0.1) is 0 Å². The molecule has 22 heavy (non-hydrogen) atoms. The minimum absolute atomic E-state index is 0.337. The minimum atomic E-state index is -2.15. The normalized spacial score (nSPS) is 20.9. The molecule has 0 nitrogen and oxygen atoms in total. The Labute approximate surface area is 130 Å². The van der Waals surface area contributed by atoms with Crippen LogP contribution in [0.3, 0.4) is 0 Å². The molecule has 3 heteroatoms. The molecule has 1 aromatic rings. The molecule has 0 unspecified atom stereocenters. The maximum Gasteiger partial charge on any atom is 0.301 e. The first kappa shape index (κ1) is 16.7. The summed E-state index contributed by atoms with van der Waals surface area (Å²) in [5.74, 6) is 4.76. The second-order valence-electron chi connectivity index (χ2n) is 5.83. The number of allylic oxidation sites excluding steroid dienone is 1. The van der Waals surface area contributed by atoms with E-state index in [1.807, 2.05) is 12.1 Å². The average molecular weight is 306 g/mol. The number of hydrogen-bond donors (Lipinski definition) is 0. The minimum Gasteiger partial charge on any atom is -0.206 e. The number of unbranched alkanes of at least 4 members (excludes halogenated alkanes) is 1. The lowest BCUT2D eigenvalue weighted by Crippen LogP contribution is -2.14. The van der Waals surface area contributed by atoms with E-state index in [0.29, 0.717) is 18.8 Å². The van der Waals surface area contributed by atoms with Crippen molar-refractivity contribution in [2.24, 2.45) is 5.92 Å². The van der Waals surface area contributed by atoms with E-state index in [2.05, 4.69) is 30.9 Å². The molecule has 1 aliphatic carbocycles. The van der Waals surface area contributed by atoms with E-state index < -0.39 is 17.8 Å². The molecule has 0 aromatic heterocycles. The fourth-order valence-corrected chi connectivity index (χ4v) is 2.96. The van der Waals surface area contributed by atoms with E-state index in [1.54, 1.807) is 0 Å². The summed E-state index contributed by atoms with van der Waals surface area (Å²) in [4.78, 5) is 0. The Kier molecular flexibility index (Phi) is 6.12. The Morgan fingerprint density at radius 1 is 1.05 bits per heavy atom. The van der Waals surface area contributed by atoms with Gasteiger partial charge in [-0.15, -0.1) is 0 Å². The second kappa shape index (κ2) is 8.08. The molecule has 0 amide bonds. The van der Waals surface area contributed by atoms with Crippen LogP contribution in [0.1, 0.15) is 62.5 Å². The monoisotopic (exact) mass is 306 g/mol. The van der Waals surface area contributed by atoms with Crippen molar-refractivity contribution in [3.8, 4) is 11.8 Å². The van der Waals surface area contributed by atoms with Crippen LogP contribution in [0.2, 0.25) is 0 Å². The third-order valence-electron chi connectivity index (χ3n) is 4.26. The van der Waals surface area contributed by atoms with Crippen molar-refractivity contribution in [2.45, 2.75) is 51.4 Å². The van der Waals surface area contributed by atoms with Crippen molar-refractivity contribution in [3.05, 3.63) is 47.3 Å². The molecule has 1 aliphatic rings. The molecule has 1 aromatic carbocycles. The first-order valence-corrected chi connectivity index (χ1v) is 7.91. The third kappa shape index (κ3) is 4.40. The summed E-state index contributed by atoms with van der Waals surface area (Å²) in [6, 6.07) is 8.13. The highest BCUT2D eigenvalue weighted by Crippen LogP contribution is 2.40. The van der Waals surface area contributed by atoms with Gasteiger partial charge in [0.2, 0.25) is 0 Å². The van der Waals surface area contributed by atoms with Gasteiger partial charge in [-0.1, -0.05) is 30.9 Å². The molecule has 0 heterocycles. The largest absolute Gasteiger partial charge is 0.301 e. The van der Waals surface area contributed by atoms with E-state index in [1.165, 1.54) is 5.56 Å². The summed E-state index contributed by atoms with van der Waals surface area (Å²) in [6.45, 7) is 2.10. The molecular weight excluding hydrogens is 285 g/mol. The first-order chi connectivity index (χ1) is 10.6. The Morgan fingerprint density at radius 3 is 2.23 bits per heavy atom. The van der Waals surface area contributed by atoms with Crippen molar-refractivity contribution in [3.63, 3.8) is 0 Å². The summed E-state index contributed by atoms with van der Waals surface area (Å²) in [5.41, 5.74) is 2.20. The highest BCUT2D eigenvalue weighted by atomic mass is 19.3. The lowest BCUT2D eigenvalue weighted by molar-refractivity contribution is 0.281. The zero-order valence-corrected chi connectivity index (χ0v) is 12.8. The van der Waals surface area contributed by atoms with Crippen molar-refractivity contribution < 1.29 is 13.2 Å². The molecule has 0 radical (unpaired) electrons. The molecule has 0 N–H and O–H groups in total. The van der Waals surface area contributed by atoms with Crippen molar-refractivity contribution in [2.75, 3.05) is 0 Å². The van der Waals surface area contributed by atoms with Crippen molar-refractivity contribution in [1.29, 1.82) is 0 Å². The van der Waals surface area contributed by atoms with Crippen LogP contribution in [-0.4, -0.2) is 0 Å². The predicted octanol–water partition coefficient (Wildman–Crippen LogP) is 6.19. The summed E-state index contributed by atoms with van der Waals surface area (Å²) in [6.07, 6.45) is 2.30. The smallest absolute Gasteiger partial charge is 0.206 e. The Morgan fingerprint density at radius 2 is 1.68 bits per heavy atom. The highest BCUT2D eigenvalue weighted by Gasteiger charge is 2.27. The Balaban J connectivity index is 1.95. The number of hydrogen-bond acceptors (Lipinski definition) is 0. The Bertz CT molecular complexity index is 563. The molecule has 0 bridgehead atoms. The van der Waals surface area contributed by atoms with Crippen LogP contribution < -0.4 is 0 Å². The van der Waals surface area contributed by atoms with Gasteiger partial charge in [-0.2, -0.15) is 8.78 Å². The van der Waals surface area contributed by atoms with Gasteiger partial charge in [0, 0.05) is 17.9 Å². The zero-order valence-electron chi connectivity index (χ0n) is 12.8. The summed E-state index contributed by atoms with van der Waals surface area (Å²) < 4.78 is 37.8. The van der Waals surface area contributed by atoms with E-state index in [-0.39, 0.29) is 0 Å². The molecule has 1 saturated carbocycles. The van der Waals surface area contributed by atoms with Crippen LogP contribution in [0.15, 0.2) is 36.2 Å². The summed E-state index contributed by atoms with van der Waals surface area (Å²) >= 11 is 0. The number of benzene rings is 1.